The van der Waals surface area contributed by atoms with Gasteiger partial charge in [0.25, 0.3) is 0 Å². The number of amides is 1. The molecule has 0 bridgehead atoms. The number of hydrogen-bond acceptors (Lipinski definition) is 5. The summed E-state index contributed by atoms with van der Waals surface area (Å²) in [5, 5.41) is 5.68. The van der Waals surface area contributed by atoms with E-state index in [4.69, 9.17) is 11.5 Å². The summed E-state index contributed by atoms with van der Waals surface area (Å²) in [6.07, 6.45) is 1.04. The first-order valence-electron chi connectivity index (χ1n) is 3.50. The highest BCUT2D eigenvalue weighted by molar-refractivity contribution is 7.89. The van der Waals surface area contributed by atoms with E-state index in [1.165, 1.54) is 0 Å². The van der Waals surface area contributed by atoms with Crippen molar-refractivity contribution >= 4 is 21.7 Å². The molecule has 0 atom stereocenters. The molecule has 1 amide bonds. The van der Waals surface area contributed by atoms with Gasteiger partial charge in [-0.3, -0.25) is 9.89 Å². The molecule has 0 saturated heterocycles. The summed E-state index contributed by atoms with van der Waals surface area (Å²) in [6, 6.07) is 0. The molecule has 9 heteroatoms. The Kier molecular flexibility index (Phi) is 2.72. The molecule has 0 radical (unpaired) electrons. The van der Waals surface area contributed by atoms with Crippen molar-refractivity contribution in [3.63, 3.8) is 0 Å². The number of carbonyl (C=O) groups is 1. The average Bonchev–Trinajstić information content (AvgIpc) is 2.48. The number of nitrogens with two attached hydrogens (primary N) is 2. The van der Waals surface area contributed by atoms with Crippen LogP contribution in [0.25, 0.3) is 0 Å². The van der Waals surface area contributed by atoms with Gasteiger partial charge in [-0.2, -0.15) is 5.10 Å². The van der Waals surface area contributed by atoms with Crippen LogP contribution in [0.1, 0.15) is 0 Å². The van der Waals surface area contributed by atoms with Crippen molar-refractivity contribution in [2.24, 2.45) is 5.73 Å². The zero-order chi connectivity index (χ0) is 10.8. The molecule has 1 aromatic rings. The lowest BCUT2D eigenvalue weighted by molar-refractivity contribution is -0.116. The number of nitrogen functional groups attached to an aromatic ring is 1. The molecule has 14 heavy (non-hydrogen) atoms. The van der Waals surface area contributed by atoms with Crippen LogP contribution in [-0.2, 0) is 14.8 Å². The number of sulfonamides is 1. The van der Waals surface area contributed by atoms with Gasteiger partial charge in [0, 0.05) is 0 Å². The molecular weight excluding hydrogens is 210 g/mol. The van der Waals surface area contributed by atoms with Crippen molar-refractivity contribution in [3.8, 4) is 0 Å². The maximum absolute atomic E-state index is 11.4. The molecule has 0 spiro atoms. The molecule has 1 aromatic heterocycles. The van der Waals surface area contributed by atoms with Crippen molar-refractivity contribution in [1.82, 2.24) is 14.9 Å². The van der Waals surface area contributed by atoms with Crippen LogP contribution >= 0.6 is 0 Å². The maximum Gasteiger partial charge on any atom is 0.246 e. The quantitative estimate of drug-likeness (QED) is 0.452. The largest absolute Gasteiger partial charge is 0.383 e. The lowest BCUT2D eigenvalue weighted by Gasteiger charge is -2.02. The van der Waals surface area contributed by atoms with Crippen LogP contribution in [0.15, 0.2) is 11.1 Å². The van der Waals surface area contributed by atoms with E-state index in [1.54, 1.807) is 0 Å². The Bertz CT molecular complexity index is 436. The minimum Gasteiger partial charge on any atom is -0.383 e. The van der Waals surface area contributed by atoms with Gasteiger partial charge in [0.15, 0.2) is 0 Å². The van der Waals surface area contributed by atoms with Crippen LogP contribution < -0.4 is 16.2 Å². The number of nitrogens with one attached hydrogen (secondary N) is 2. The van der Waals surface area contributed by atoms with E-state index in [9.17, 15) is 13.2 Å². The number of aromatic nitrogens is 2. The molecule has 0 aliphatic rings. The lowest BCUT2D eigenvalue weighted by Crippen LogP contribution is -2.33. The van der Waals surface area contributed by atoms with Gasteiger partial charge in [-0.1, -0.05) is 0 Å². The predicted molar refractivity (Wildman–Crippen MR) is 47.4 cm³/mol. The second-order valence-electron chi connectivity index (χ2n) is 2.44. The molecule has 1 rings (SSSR count). The number of anilines is 1. The molecule has 0 saturated carbocycles. The zero-order valence-electron chi connectivity index (χ0n) is 7.02. The van der Waals surface area contributed by atoms with E-state index in [0.29, 0.717) is 0 Å². The molecule has 0 aliphatic heterocycles. The highest BCUT2D eigenvalue weighted by Crippen LogP contribution is 2.12. The van der Waals surface area contributed by atoms with Crippen molar-refractivity contribution < 1.29 is 13.2 Å². The van der Waals surface area contributed by atoms with E-state index < -0.39 is 22.5 Å². The lowest BCUT2D eigenvalue weighted by atomic mass is 10.7. The summed E-state index contributed by atoms with van der Waals surface area (Å²) in [7, 11) is -3.81. The Labute approximate surface area is 79.7 Å². The zero-order valence-corrected chi connectivity index (χ0v) is 7.84. The van der Waals surface area contributed by atoms with Gasteiger partial charge in [-0.05, 0) is 0 Å². The first-order chi connectivity index (χ1) is 6.43. The first-order valence-corrected chi connectivity index (χ1v) is 4.98. The average molecular weight is 219 g/mol. The van der Waals surface area contributed by atoms with E-state index in [0.717, 1.165) is 6.20 Å². The first kappa shape index (κ1) is 10.5. The normalized spacial score (nSPS) is 11.4. The molecule has 6 N–H and O–H groups in total. The topological polar surface area (TPSA) is 144 Å². The molecule has 0 aromatic carbocycles. The maximum atomic E-state index is 11.4. The Hall–Kier alpha value is -1.61. The number of primary amides is 1. The van der Waals surface area contributed by atoms with Crippen LogP contribution in [0.3, 0.4) is 0 Å². The molecular formula is C5H9N5O3S. The number of aromatic amines is 1. The van der Waals surface area contributed by atoms with Crippen molar-refractivity contribution in [2.75, 3.05) is 12.3 Å². The fourth-order valence-electron chi connectivity index (χ4n) is 0.743. The molecule has 78 valence electrons. The van der Waals surface area contributed by atoms with Crippen molar-refractivity contribution in [3.05, 3.63) is 6.20 Å². The monoisotopic (exact) mass is 219 g/mol. The molecule has 0 unspecified atom stereocenters. The van der Waals surface area contributed by atoms with Crippen LogP contribution in [0.4, 0.5) is 5.82 Å². The number of carbonyl (C=O) groups excluding carboxylic acids is 1. The summed E-state index contributed by atoms with van der Waals surface area (Å²) in [5.74, 6) is -0.877. The van der Waals surface area contributed by atoms with Crippen LogP contribution in [0.5, 0.6) is 0 Å². The van der Waals surface area contributed by atoms with Gasteiger partial charge in [0.1, 0.15) is 10.7 Å². The van der Waals surface area contributed by atoms with Crippen molar-refractivity contribution in [2.45, 2.75) is 4.90 Å². The Morgan fingerprint density at radius 1 is 1.64 bits per heavy atom. The van der Waals surface area contributed by atoms with E-state index in [1.807, 2.05) is 4.72 Å². The summed E-state index contributed by atoms with van der Waals surface area (Å²) in [6.45, 7) is -0.479. The smallest absolute Gasteiger partial charge is 0.246 e. The van der Waals surface area contributed by atoms with Gasteiger partial charge < -0.3 is 11.5 Å². The summed E-state index contributed by atoms with van der Waals surface area (Å²) in [4.78, 5) is 10.1. The van der Waals surface area contributed by atoms with Gasteiger partial charge >= 0.3 is 0 Å². The molecule has 0 aliphatic carbocycles. The SMILES string of the molecule is NC(=O)CNS(=O)(=O)c1cn[nH]c1N. The minimum atomic E-state index is -3.81. The summed E-state index contributed by atoms with van der Waals surface area (Å²) >= 11 is 0. The Morgan fingerprint density at radius 3 is 2.71 bits per heavy atom. The second kappa shape index (κ2) is 3.64. The Balaban J connectivity index is 2.87. The third-order valence-electron chi connectivity index (χ3n) is 1.36. The van der Waals surface area contributed by atoms with Crippen molar-refractivity contribution in [1.29, 1.82) is 0 Å². The second-order valence-corrected chi connectivity index (χ2v) is 4.17. The van der Waals surface area contributed by atoms with Gasteiger partial charge in [0.2, 0.25) is 15.9 Å². The third kappa shape index (κ3) is 2.20. The van der Waals surface area contributed by atoms with Crippen LogP contribution in [0.2, 0.25) is 0 Å². The number of hydrogen-bond donors (Lipinski definition) is 4. The number of H-pyrrole nitrogens is 1. The highest BCUT2D eigenvalue weighted by atomic mass is 32.2. The number of nitrogens with zero attached hydrogens (tertiary/aromatic N) is 1. The van der Waals surface area contributed by atoms with E-state index >= 15 is 0 Å². The molecule has 8 nitrogen and oxygen atoms in total. The van der Waals surface area contributed by atoms with Gasteiger partial charge in [0.05, 0.1) is 12.7 Å². The van der Waals surface area contributed by atoms with Crippen LogP contribution in [0, 0.1) is 0 Å². The molecule has 1 heterocycles. The number of rotatable bonds is 4. The van der Waals surface area contributed by atoms with E-state index in [2.05, 4.69) is 10.2 Å². The highest BCUT2D eigenvalue weighted by Gasteiger charge is 2.19. The minimum absolute atomic E-state index is 0.0954. The van der Waals surface area contributed by atoms with E-state index in [-0.39, 0.29) is 10.7 Å². The summed E-state index contributed by atoms with van der Waals surface area (Å²) < 4.78 is 24.7. The van der Waals surface area contributed by atoms with Crippen LogP contribution in [-0.4, -0.2) is 31.1 Å². The predicted octanol–water partition coefficient (Wildman–Crippen LogP) is -2.24. The standard InChI is InChI=1S/C5H9N5O3S/c6-4(11)2-9-14(12,13)3-1-8-10-5(3)7/h1,9H,2H2,(H2,6,11)(H3,7,8,10). The summed E-state index contributed by atoms with van der Waals surface area (Å²) in [5.41, 5.74) is 10.1. The van der Waals surface area contributed by atoms with Gasteiger partial charge in [-0.15, -0.1) is 0 Å². The fraction of sp³-hybridized carbons (Fsp3) is 0.200. The molecule has 0 fully saturated rings. The fourth-order valence-corrected chi connectivity index (χ4v) is 1.76. The third-order valence-corrected chi connectivity index (χ3v) is 2.79. The van der Waals surface area contributed by atoms with Gasteiger partial charge in [-0.25, -0.2) is 13.1 Å². The Morgan fingerprint density at radius 2 is 2.29 bits per heavy atom.